The molecule has 0 aromatic heterocycles. The minimum atomic E-state index is -0.961. The van der Waals surface area contributed by atoms with E-state index in [0.717, 1.165) is 0 Å². The molecule has 0 aliphatic heterocycles. The van der Waals surface area contributed by atoms with Crippen molar-refractivity contribution in [3.05, 3.63) is 0 Å². The Kier molecular flexibility index (Phi) is 6.39. The van der Waals surface area contributed by atoms with Crippen LogP contribution in [0.4, 0.5) is 0 Å². The van der Waals surface area contributed by atoms with Gasteiger partial charge in [-0.3, -0.25) is 9.59 Å². The second kappa shape index (κ2) is 7.00. The lowest BCUT2D eigenvalue weighted by molar-refractivity contribution is -0.139. The molecule has 0 saturated carbocycles. The fourth-order valence-electron chi connectivity index (χ4n) is 1.95. The first-order valence-corrected chi connectivity index (χ1v) is 6.26. The highest BCUT2D eigenvalue weighted by Crippen LogP contribution is 2.27. The minimum Gasteiger partial charge on any atom is -0.359 e. The Balaban J connectivity index is 4.80. The number of carbonyl (C=O) groups is 2. The van der Waals surface area contributed by atoms with Gasteiger partial charge in [-0.05, 0) is 12.8 Å². The average molecular weight is 253 g/mol. The smallest absolute Gasteiger partial charge is 0.242 e. The van der Waals surface area contributed by atoms with Gasteiger partial charge in [0.2, 0.25) is 11.8 Å². The monoisotopic (exact) mass is 253 g/mol. The second-order valence-electron chi connectivity index (χ2n) is 4.60. The van der Waals surface area contributed by atoms with Crippen LogP contribution in [0.25, 0.3) is 0 Å². The van der Waals surface area contributed by atoms with Crippen molar-refractivity contribution in [2.24, 2.45) is 11.3 Å². The van der Waals surface area contributed by atoms with Crippen LogP contribution in [-0.2, 0) is 9.59 Å². The van der Waals surface area contributed by atoms with Gasteiger partial charge in [0, 0.05) is 20.6 Å². The van der Waals surface area contributed by atoms with E-state index in [1.807, 2.05) is 13.8 Å². The summed E-state index contributed by atoms with van der Waals surface area (Å²) in [4.78, 5) is 25.2. The van der Waals surface area contributed by atoms with Crippen molar-refractivity contribution in [2.75, 3.05) is 20.6 Å². The maximum Gasteiger partial charge on any atom is 0.242 e. The van der Waals surface area contributed by atoms with E-state index in [9.17, 15) is 14.9 Å². The van der Waals surface area contributed by atoms with Gasteiger partial charge in [-0.25, -0.2) is 0 Å². The number of amides is 2. The molecule has 0 aliphatic rings. The van der Waals surface area contributed by atoms with Crippen molar-refractivity contribution in [1.82, 2.24) is 10.2 Å². The van der Waals surface area contributed by atoms with Crippen LogP contribution in [-0.4, -0.2) is 37.4 Å². The van der Waals surface area contributed by atoms with Gasteiger partial charge in [0.25, 0.3) is 0 Å². The first kappa shape index (κ1) is 16.4. The summed E-state index contributed by atoms with van der Waals surface area (Å²) in [6.45, 7) is 5.75. The summed E-state index contributed by atoms with van der Waals surface area (Å²) in [6, 6.07) is 2.12. The number of carbonyl (C=O) groups excluding carboxylic acids is 2. The molecular weight excluding hydrogens is 230 g/mol. The van der Waals surface area contributed by atoms with E-state index in [1.165, 1.54) is 4.90 Å². The lowest BCUT2D eigenvalue weighted by Crippen LogP contribution is -2.44. The Labute approximate surface area is 109 Å². The number of nitrogens with zero attached hydrogens (tertiary/aromatic N) is 2. The Morgan fingerprint density at radius 1 is 1.39 bits per heavy atom. The van der Waals surface area contributed by atoms with Gasteiger partial charge < -0.3 is 10.2 Å². The number of rotatable bonds is 6. The predicted octanol–water partition coefficient (Wildman–Crippen LogP) is 1.16. The zero-order valence-electron chi connectivity index (χ0n) is 11.9. The molecule has 5 nitrogen and oxygen atoms in total. The van der Waals surface area contributed by atoms with Crippen LogP contribution < -0.4 is 5.32 Å². The third kappa shape index (κ3) is 3.46. The van der Waals surface area contributed by atoms with Crippen LogP contribution in [0.3, 0.4) is 0 Å². The first-order valence-electron chi connectivity index (χ1n) is 6.26. The summed E-state index contributed by atoms with van der Waals surface area (Å²) in [5, 5.41) is 11.8. The van der Waals surface area contributed by atoms with E-state index in [2.05, 4.69) is 11.4 Å². The minimum absolute atomic E-state index is 0.106. The van der Waals surface area contributed by atoms with Crippen molar-refractivity contribution in [3.63, 3.8) is 0 Å². The third-order valence-electron chi connectivity index (χ3n) is 3.42. The number of hydrogen-bond donors (Lipinski definition) is 1. The molecule has 0 saturated heterocycles. The van der Waals surface area contributed by atoms with Crippen LogP contribution in [0.5, 0.6) is 0 Å². The van der Waals surface area contributed by atoms with E-state index in [4.69, 9.17) is 0 Å². The highest BCUT2D eigenvalue weighted by molar-refractivity contribution is 5.86. The molecular formula is C13H23N3O2. The highest BCUT2D eigenvalue weighted by Gasteiger charge is 2.37. The number of nitriles is 1. The molecule has 2 amide bonds. The molecule has 5 heteroatoms. The van der Waals surface area contributed by atoms with Crippen LogP contribution in [0.2, 0.25) is 0 Å². The van der Waals surface area contributed by atoms with Gasteiger partial charge in [0.1, 0.15) is 5.41 Å². The normalized spacial score (nSPS) is 12.4. The molecule has 0 fully saturated rings. The van der Waals surface area contributed by atoms with Crippen LogP contribution in [0.1, 0.15) is 33.6 Å². The predicted molar refractivity (Wildman–Crippen MR) is 69.5 cm³/mol. The van der Waals surface area contributed by atoms with Crippen molar-refractivity contribution >= 4 is 11.8 Å². The number of hydrogen-bond acceptors (Lipinski definition) is 3. The molecule has 0 aliphatic carbocycles. The standard InChI is InChI=1S/C13H23N3O2/c1-6-13(7-2,9-14)12(18)16(5)8-10(3)11(17)15-4/h10H,6-8H2,1-5H3,(H,15,17). The van der Waals surface area contributed by atoms with Gasteiger partial charge in [0.15, 0.2) is 0 Å². The molecule has 0 rings (SSSR count). The van der Waals surface area contributed by atoms with Crippen LogP contribution in [0.15, 0.2) is 0 Å². The lowest BCUT2D eigenvalue weighted by Gasteiger charge is -2.29. The molecule has 0 spiro atoms. The summed E-state index contributed by atoms with van der Waals surface area (Å²) < 4.78 is 0. The van der Waals surface area contributed by atoms with E-state index in [1.54, 1.807) is 21.0 Å². The quantitative estimate of drug-likeness (QED) is 0.772. The van der Waals surface area contributed by atoms with Gasteiger partial charge in [0.05, 0.1) is 12.0 Å². The van der Waals surface area contributed by atoms with E-state index in [0.29, 0.717) is 19.4 Å². The van der Waals surface area contributed by atoms with Gasteiger partial charge in [-0.1, -0.05) is 20.8 Å². The Morgan fingerprint density at radius 3 is 2.22 bits per heavy atom. The lowest BCUT2D eigenvalue weighted by atomic mass is 9.82. The maximum absolute atomic E-state index is 12.3. The summed E-state index contributed by atoms with van der Waals surface area (Å²) in [6.07, 6.45) is 0.967. The molecule has 0 bridgehead atoms. The first-order chi connectivity index (χ1) is 8.38. The Hall–Kier alpha value is -1.57. The van der Waals surface area contributed by atoms with Crippen molar-refractivity contribution < 1.29 is 9.59 Å². The summed E-state index contributed by atoms with van der Waals surface area (Å²) in [7, 11) is 3.21. The molecule has 0 heterocycles. The highest BCUT2D eigenvalue weighted by atomic mass is 16.2. The third-order valence-corrected chi connectivity index (χ3v) is 3.42. The summed E-state index contributed by atoms with van der Waals surface area (Å²) in [5.41, 5.74) is -0.961. The van der Waals surface area contributed by atoms with Crippen molar-refractivity contribution in [2.45, 2.75) is 33.6 Å². The van der Waals surface area contributed by atoms with E-state index >= 15 is 0 Å². The summed E-state index contributed by atoms with van der Waals surface area (Å²) >= 11 is 0. The van der Waals surface area contributed by atoms with E-state index < -0.39 is 5.41 Å². The second-order valence-corrected chi connectivity index (χ2v) is 4.60. The zero-order chi connectivity index (χ0) is 14.3. The largest absolute Gasteiger partial charge is 0.359 e. The molecule has 0 radical (unpaired) electrons. The molecule has 102 valence electrons. The SMILES string of the molecule is CCC(C#N)(CC)C(=O)N(C)CC(C)C(=O)NC. The zero-order valence-corrected chi connectivity index (χ0v) is 11.9. The summed E-state index contributed by atoms with van der Waals surface area (Å²) in [5.74, 6) is -0.593. The van der Waals surface area contributed by atoms with E-state index in [-0.39, 0.29) is 17.7 Å². The molecule has 0 aromatic rings. The molecule has 1 N–H and O–H groups in total. The Bertz CT molecular complexity index is 343. The van der Waals surface area contributed by atoms with Gasteiger partial charge in [-0.2, -0.15) is 5.26 Å². The van der Waals surface area contributed by atoms with Crippen LogP contribution in [0, 0.1) is 22.7 Å². The molecule has 1 unspecified atom stereocenters. The average Bonchev–Trinajstić information content (AvgIpc) is 2.39. The Morgan fingerprint density at radius 2 is 1.89 bits per heavy atom. The van der Waals surface area contributed by atoms with Crippen molar-refractivity contribution in [3.8, 4) is 6.07 Å². The van der Waals surface area contributed by atoms with Gasteiger partial charge in [-0.15, -0.1) is 0 Å². The van der Waals surface area contributed by atoms with Crippen molar-refractivity contribution in [1.29, 1.82) is 5.26 Å². The molecule has 18 heavy (non-hydrogen) atoms. The number of nitrogens with one attached hydrogen (secondary N) is 1. The van der Waals surface area contributed by atoms with Gasteiger partial charge >= 0.3 is 0 Å². The maximum atomic E-state index is 12.3. The molecule has 0 aromatic carbocycles. The molecule has 1 atom stereocenters. The van der Waals surface area contributed by atoms with Crippen LogP contribution >= 0.6 is 0 Å². The topological polar surface area (TPSA) is 73.2 Å². The fourth-order valence-corrected chi connectivity index (χ4v) is 1.95. The fraction of sp³-hybridized carbons (Fsp3) is 0.769.